The van der Waals surface area contributed by atoms with Crippen molar-refractivity contribution in [3.05, 3.63) is 125 Å². The summed E-state index contributed by atoms with van der Waals surface area (Å²) in [6.07, 6.45) is 0. The van der Waals surface area contributed by atoms with Crippen LogP contribution in [0.25, 0.3) is 5.76 Å². The average Bonchev–Trinajstić information content (AvgIpc) is 3.22. The van der Waals surface area contributed by atoms with E-state index in [0.717, 1.165) is 11.1 Å². The van der Waals surface area contributed by atoms with E-state index in [9.17, 15) is 14.7 Å². The molecule has 1 fully saturated rings. The van der Waals surface area contributed by atoms with Crippen molar-refractivity contribution in [3.63, 3.8) is 0 Å². The van der Waals surface area contributed by atoms with Crippen LogP contribution in [0, 0.1) is 19.8 Å². The molecule has 0 spiro atoms. The molecule has 0 bridgehead atoms. The van der Waals surface area contributed by atoms with Gasteiger partial charge in [-0.15, -0.1) is 0 Å². The van der Waals surface area contributed by atoms with Crippen LogP contribution in [0.2, 0.25) is 0 Å². The highest BCUT2D eigenvalue weighted by molar-refractivity contribution is 6.51. The highest BCUT2D eigenvalue weighted by Gasteiger charge is 2.47. The third kappa shape index (κ3) is 5.87. The summed E-state index contributed by atoms with van der Waals surface area (Å²) in [4.78, 5) is 28.6. The fourth-order valence-corrected chi connectivity index (χ4v) is 4.94. The van der Waals surface area contributed by atoms with E-state index in [4.69, 9.17) is 9.47 Å². The molecule has 4 aromatic carbocycles. The minimum absolute atomic E-state index is 0.0172. The summed E-state index contributed by atoms with van der Waals surface area (Å²) in [5.74, 6) is 0.584. The second-order valence-electron chi connectivity index (χ2n) is 10.7. The third-order valence-electron chi connectivity index (χ3n) is 6.90. The van der Waals surface area contributed by atoms with Gasteiger partial charge in [-0.25, -0.2) is 0 Å². The Morgan fingerprint density at radius 2 is 1.59 bits per heavy atom. The molecule has 6 nitrogen and oxygen atoms in total. The lowest BCUT2D eigenvalue weighted by atomic mass is 9.94. The maximum atomic E-state index is 13.6. The number of nitrogens with zero attached hydrogens (tertiary/aromatic N) is 1. The number of Topliss-reactive ketones (excluding diaryl/α,β-unsaturated/α-hetero) is 1. The lowest BCUT2D eigenvalue weighted by molar-refractivity contribution is -0.132. The van der Waals surface area contributed by atoms with Gasteiger partial charge >= 0.3 is 0 Å². The smallest absolute Gasteiger partial charge is 0.300 e. The molecule has 0 saturated carbocycles. The number of aryl methyl sites for hydroxylation is 2. The van der Waals surface area contributed by atoms with Crippen LogP contribution in [0.4, 0.5) is 5.69 Å². The Morgan fingerprint density at radius 3 is 2.29 bits per heavy atom. The van der Waals surface area contributed by atoms with E-state index in [0.29, 0.717) is 46.6 Å². The molecule has 1 aliphatic rings. The first-order valence-electron chi connectivity index (χ1n) is 13.7. The summed E-state index contributed by atoms with van der Waals surface area (Å²) in [5.41, 5.74) is 3.41. The van der Waals surface area contributed by atoms with E-state index in [1.54, 1.807) is 30.3 Å². The number of amides is 1. The van der Waals surface area contributed by atoms with Crippen molar-refractivity contribution >= 4 is 23.1 Å². The summed E-state index contributed by atoms with van der Waals surface area (Å²) in [5, 5.41) is 11.6. The van der Waals surface area contributed by atoms with E-state index in [2.05, 4.69) is 13.8 Å². The molecule has 41 heavy (non-hydrogen) atoms. The van der Waals surface area contributed by atoms with Gasteiger partial charge in [-0.2, -0.15) is 0 Å². The van der Waals surface area contributed by atoms with E-state index >= 15 is 0 Å². The topological polar surface area (TPSA) is 76.1 Å². The standard InChI is InChI=1S/C35H33NO5/c1-22(2)21-40-30-17-16-26(19-24(30)4)33(37)31-32(36(35(39)34(31)38)27-12-8-10-23(3)18-27)25-11-9-15-29(20-25)41-28-13-6-5-7-14-28/h5-20,22,32,37H,21H2,1-4H3/b33-31+. The fraction of sp³-hybridized carbons (Fsp3) is 0.200. The monoisotopic (exact) mass is 547 g/mol. The highest BCUT2D eigenvalue weighted by Crippen LogP contribution is 2.43. The molecule has 1 atom stereocenters. The summed E-state index contributed by atoms with van der Waals surface area (Å²) >= 11 is 0. The molecule has 0 aliphatic carbocycles. The number of aliphatic hydroxyl groups excluding tert-OH is 1. The molecule has 0 aromatic heterocycles. The number of ether oxygens (including phenoxy) is 2. The average molecular weight is 548 g/mol. The second-order valence-corrected chi connectivity index (χ2v) is 10.7. The number of hydrogen-bond donors (Lipinski definition) is 1. The van der Waals surface area contributed by atoms with Gasteiger partial charge < -0.3 is 14.6 Å². The molecular weight excluding hydrogens is 514 g/mol. The third-order valence-corrected chi connectivity index (χ3v) is 6.90. The molecule has 1 amide bonds. The van der Waals surface area contributed by atoms with Gasteiger partial charge in [0.25, 0.3) is 11.7 Å². The van der Waals surface area contributed by atoms with Crippen LogP contribution in [0.15, 0.2) is 103 Å². The van der Waals surface area contributed by atoms with Crippen molar-refractivity contribution in [2.24, 2.45) is 5.92 Å². The lowest BCUT2D eigenvalue weighted by Gasteiger charge is -2.26. The summed E-state index contributed by atoms with van der Waals surface area (Å²) in [7, 11) is 0. The van der Waals surface area contributed by atoms with Crippen molar-refractivity contribution in [2.45, 2.75) is 33.7 Å². The van der Waals surface area contributed by atoms with Gasteiger partial charge in [0, 0.05) is 11.3 Å². The first-order chi connectivity index (χ1) is 19.7. The first-order valence-corrected chi connectivity index (χ1v) is 13.7. The first kappa shape index (κ1) is 27.7. The number of aliphatic hydroxyl groups is 1. The Labute approximate surface area is 240 Å². The van der Waals surface area contributed by atoms with E-state index in [1.807, 2.05) is 80.6 Å². The minimum Gasteiger partial charge on any atom is -0.507 e. The maximum Gasteiger partial charge on any atom is 0.300 e. The maximum absolute atomic E-state index is 13.6. The number of carbonyl (C=O) groups is 2. The Hall–Kier alpha value is -4.84. The normalized spacial score (nSPS) is 16.3. The Kier molecular flexibility index (Phi) is 7.92. The quantitative estimate of drug-likeness (QED) is 0.139. The predicted molar refractivity (Wildman–Crippen MR) is 160 cm³/mol. The van der Waals surface area contributed by atoms with Crippen LogP contribution in [-0.2, 0) is 9.59 Å². The Balaban J connectivity index is 1.62. The van der Waals surface area contributed by atoms with Gasteiger partial charge in [0.1, 0.15) is 23.0 Å². The fourth-order valence-electron chi connectivity index (χ4n) is 4.94. The zero-order valence-electron chi connectivity index (χ0n) is 23.6. The Morgan fingerprint density at radius 1 is 0.854 bits per heavy atom. The molecule has 1 heterocycles. The number of para-hydroxylation sites is 1. The number of benzene rings is 4. The molecule has 1 unspecified atom stereocenters. The van der Waals surface area contributed by atoms with E-state index < -0.39 is 17.7 Å². The minimum atomic E-state index is -0.867. The van der Waals surface area contributed by atoms with Crippen molar-refractivity contribution in [1.29, 1.82) is 0 Å². The second kappa shape index (κ2) is 11.7. The molecular formula is C35H33NO5. The summed E-state index contributed by atoms with van der Waals surface area (Å²) in [6, 6.07) is 28.4. The molecule has 5 rings (SSSR count). The van der Waals surface area contributed by atoms with Crippen LogP contribution in [0.5, 0.6) is 17.2 Å². The van der Waals surface area contributed by atoms with Crippen LogP contribution in [0.3, 0.4) is 0 Å². The van der Waals surface area contributed by atoms with Crippen molar-refractivity contribution in [1.82, 2.24) is 0 Å². The molecule has 4 aromatic rings. The number of hydrogen-bond acceptors (Lipinski definition) is 5. The van der Waals surface area contributed by atoms with Gasteiger partial charge in [0.05, 0.1) is 18.2 Å². The molecule has 208 valence electrons. The zero-order valence-corrected chi connectivity index (χ0v) is 23.6. The largest absolute Gasteiger partial charge is 0.507 e. The van der Waals surface area contributed by atoms with Crippen LogP contribution in [-0.4, -0.2) is 23.4 Å². The van der Waals surface area contributed by atoms with Crippen LogP contribution >= 0.6 is 0 Å². The zero-order chi connectivity index (χ0) is 29.1. The van der Waals surface area contributed by atoms with Gasteiger partial charge in [0.2, 0.25) is 0 Å². The number of ketones is 1. The highest BCUT2D eigenvalue weighted by atomic mass is 16.5. The summed E-state index contributed by atoms with van der Waals surface area (Å²) < 4.78 is 12.0. The van der Waals surface area contributed by atoms with E-state index in [-0.39, 0.29) is 11.3 Å². The van der Waals surface area contributed by atoms with Gasteiger partial charge in [-0.3, -0.25) is 14.5 Å². The van der Waals surface area contributed by atoms with Crippen LogP contribution in [0.1, 0.15) is 42.1 Å². The molecule has 1 N–H and O–H groups in total. The van der Waals surface area contributed by atoms with Crippen molar-refractivity contribution < 1.29 is 24.2 Å². The molecule has 1 saturated heterocycles. The Bertz CT molecular complexity index is 1620. The molecule has 6 heteroatoms. The predicted octanol–water partition coefficient (Wildman–Crippen LogP) is 7.76. The number of carbonyl (C=O) groups excluding carboxylic acids is 2. The lowest BCUT2D eigenvalue weighted by Crippen LogP contribution is -2.29. The molecule has 0 radical (unpaired) electrons. The number of anilines is 1. The van der Waals surface area contributed by atoms with Crippen molar-refractivity contribution in [2.75, 3.05) is 11.5 Å². The molecule has 1 aliphatic heterocycles. The summed E-state index contributed by atoms with van der Waals surface area (Å²) in [6.45, 7) is 8.52. The van der Waals surface area contributed by atoms with Crippen molar-refractivity contribution in [3.8, 4) is 17.2 Å². The van der Waals surface area contributed by atoms with Gasteiger partial charge in [-0.05, 0) is 91.1 Å². The van der Waals surface area contributed by atoms with Crippen LogP contribution < -0.4 is 14.4 Å². The van der Waals surface area contributed by atoms with Gasteiger partial charge in [0.15, 0.2) is 0 Å². The van der Waals surface area contributed by atoms with E-state index in [1.165, 1.54) is 4.90 Å². The SMILES string of the molecule is Cc1cccc(N2C(=O)C(=O)/C(=C(/O)c3ccc(OCC(C)C)c(C)c3)C2c2cccc(Oc3ccccc3)c2)c1. The number of rotatable bonds is 8. The van der Waals surface area contributed by atoms with Gasteiger partial charge in [-0.1, -0.05) is 56.3 Å².